The number of aryl methyl sites for hydroxylation is 1. The second-order valence-electron chi connectivity index (χ2n) is 8.27. The minimum absolute atomic E-state index is 0.176. The van der Waals surface area contributed by atoms with Gasteiger partial charge in [0.25, 0.3) is 0 Å². The molecule has 2 aromatic carbocycles. The second-order valence-corrected chi connectivity index (χ2v) is 8.71. The van der Waals surface area contributed by atoms with Crippen LogP contribution in [0.1, 0.15) is 36.4 Å². The summed E-state index contributed by atoms with van der Waals surface area (Å²) in [4.78, 5) is 0. The summed E-state index contributed by atoms with van der Waals surface area (Å²) in [5.41, 5.74) is 2.75. The highest BCUT2D eigenvalue weighted by Gasteiger charge is 2.19. The van der Waals surface area contributed by atoms with E-state index in [4.69, 9.17) is 20.9 Å². The van der Waals surface area contributed by atoms with Crippen molar-refractivity contribution < 1.29 is 14.4 Å². The Kier molecular flexibility index (Phi) is 7.91. The Morgan fingerprint density at radius 2 is 1.90 bits per heavy atom. The van der Waals surface area contributed by atoms with Gasteiger partial charge < -0.3 is 19.7 Å². The quantitative estimate of drug-likeness (QED) is 0.456. The average molecular weight is 441 g/mol. The zero-order valence-corrected chi connectivity index (χ0v) is 18.9. The zero-order valence-electron chi connectivity index (χ0n) is 18.1. The molecule has 0 saturated heterocycles. The molecule has 0 aliphatic carbocycles. The van der Waals surface area contributed by atoms with Crippen molar-refractivity contribution in [1.82, 2.24) is 10.5 Å². The van der Waals surface area contributed by atoms with Gasteiger partial charge in [0.05, 0.1) is 5.69 Å². The fraction of sp³-hybridized carbons (Fsp3) is 0.320. The van der Waals surface area contributed by atoms with Gasteiger partial charge in [0.2, 0.25) is 0 Å². The van der Waals surface area contributed by atoms with Crippen molar-refractivity contribution in [2.24, 2.45) is 0 Å². The van der Waals surface area contributed by atoms with Crippen molar-refractivity contribution in [2.75, 3.05) is 13.2 Å². The number of nitrogens with one attached hydrogen (secondary N) is 1. The van der Waals surface area contributed by atoms with E-state index in [0.717, 1.165) is 22.7 Å². The van der Waals surface area contributed by atoms with Crippen molar-refractivity contribution >= 4 is 23.8 Å². The van der Waals surface area contributed by atoms with Crippen LogP contribution in [0.15, 0.2) is 59.1 Å². The van der Waals surface area contributed by atoms with Crippen LogP contribution in [0.4, 0.5) is 0 Å². The van der Waals surface area contributed by atoms with Crippen molar-refractivity contribution in [3.8, 4) is 5.75 Å². The number of aromatic nitrogens is 1. The predicted molar refractivity (Wildman–Crippen MR) is 125 cm³/mol. The Morgan fingerprint density at radius 3 is 2.61 bits per heavy atom. The van der Waals surface area contributed by atoms with E-state index in [1.165, 1.54) is 5.56 Å². The van der Waals surface area contributed by atoms with Gasteiger partial charge in [-0.1, -0.05) is 47.1 Å². The Labute approximate surface area is 188 Å². The Balaban J connectivity index is 1.50. The molecule has 0 aliphatic heterocycles. The third kappa shape index (κ3) is 7.55. The number of ether oxygens (including phenoxy) is 1. The normalized spacial score (nSPS) is 12.9. The molecule has 31 heavy (non-hydrogen) atoms. The first-order chi connectivity index (χ1) is 14.8. The minimum atomic E-state index is -0.640. The molecule has 6 heteroatoms. The first kappa shape index (κ1) is 23.1. The lowest BCUT2D eigenvalue weighted by Crippen LogP contribution is -2.46. The summed E-state index contributed by atoms with van der Waals surface area (Å²) in [5.74, 6) is 1.38. The maximum Gasteiger partial charge on any atom is 0.159 e. The van der Waals surface area contributed by atoms with Crippen LogP contribution >= 0.6 is 11.6 Å². The van der Waals surface area contributed by atoms with E-state index in [1.54, 1.807) is 0 Å². The summed E-state index contributed by atoms with van der Waals surface area (Å²) in [6, 6.07) is 17.4. The molecule has 0 aliphatic rings. The third-order valence-corrected chi connectivity index (χ3v) is 5.05. The number of aliphatic hydroxyl groups excluding tert-OH is 1. The fourth-order valence-electron chi connectivity index (χ4n) is 3.20. The van der Waals surface area contributed by atoms with E-state index in [9.17, 15) is 5.11 Å². The van der Waals surface area contributed by atoms with Crippen LogP contribution in [-0.4, -0.2) is 35.1 Å². The fourth-order valence-corrected chi connectivity index (χ4v) is 3.32. The molecular formula is C25H29ClN2O3. The van der Waals surface area contributed by atoms with Gasteiger partial charge in [-0.2, -0.15) is 0 Å². The molecule has 0 saturated carbocycles. The third-order valence-electron chi connectivity index (χ3n) is 4.80. The van der Waals surface area contributed by atoms with E-state index < -0.39 is 6.10 Å². The molecule has 1 atom stereocenters. The van der Waals surface area contributed by atoms with Gasteiger partial charge in [-0.05, 0) is 63.1 Å². The molecule has 5 nitrogen and oxygen atoms in total. The lowest BCUT2D eigenvalue weighted by molar-refractivity contribution is 0.0987. The molecule has 1 heterocycles. The standard InChI is InChI=1S/C25H29ClN2O3/c1-18-14-23(31-28-18)13-10-20-6-4-5-7-24(20)30-17-22(29)16-27-25(2,3)15-19-8-11-21(26)12-9-19/h4-14,22,27,29H,15-17H2,1-3H3. The van der Waals surface area contributed by atoms with E-state index >= 15 is 0 Å². The Bertz CT molecular complexity index is 996. The molecule has 164 valence electrons. The number of aliphatic hydroxyl groups is 1. The van der Waals surface area contributed by atoms with Crippen molar-refractivity contribution in [3.05, 3.63) is 82.2 Å². The van der Waals surface area contributed by atoms with Gasteiger partial charge >= 0.3 is 0 Å². The van der Waals surface area contributed by atoms with E-state index in [2.05, 4.69) is 24.3 Å². The average Bonchev–Trinajstić information content (AvgIpc) is 3.16. The second kappa shape index (κ2) is 10.6. The van der Waals surface area contributed by atoms with Crippen LogP contribution in [0.5, 0.6) is 5.75 Å². The molecule has 1 aromatic heterocycles. The van der Waals surface area contributed by atoms with E-state index in [1.807, 2.05) is 73.7 Å². The number of rotatable bonds is 10. The Hall–Kier alpha value is -2.60. The van der Waals surface area contributed by atoms with Crippen LogP contribution in [0, 0.1) is 6.92 Å². The largest absolute Gasteiger partial charge is 0.490 e. The maximum absolute atomic E-state index is 10.4. The van der Waals surface area contributed by atoms with E-state index in [0.29, 0.717) is 18.1 Å². The van der Waals surface area contributed by atoms with Crippen LogP contribution in [0.3, 0.4) is 0 Å². The van der Waals surface area contributed by atoms with Gasteiger partial charge in [0, 0.05) is 28.7 Å². The summed E-state index contributed by atoms with van der Waals surface area (Å²) < 4.78 is 11.1. The molecule has 2 N–H and O–H groups in total. The van der Waals surface area contributed by atoms with Gasteiger partial charge in [0.1, 0.15) is 18.5 Å². The number of benzene rings is 2. The number of nitrogens with zero attached hydrogens (tertiary/aromatic N) is 1. The smallest absolute Gasteiger partial charge is 0.159 e. The lowest BCUT2D eigenvalue weighted by Gasteiger charge is -2.28. The zero-order chi connectivity index (χ0) is 22.3. The topological polar surface area (TPSA) is 67.5 Å². The van der Waals surface area contributed by atoms with E-state index in [-0.39, 0.29) is 12.1 Å². The lowest BCUT2D eigenvalue weighted by atomic mass is 9.95. The highest BCUT2D eigenvalue weighted by atomic mass is 35.5. The summed E-state index contributed by atoms with van der Waals surface area (Å²) >= 11 is 5.96. The SMILES string of the molecule is Cc1cc(C=Cc2ccccc2OCC(O)CNC(C)(C)Cc2ccc(Cl)cc2)on1. The molecule has 1 unspecified atom stereocenters. The summed E-state index contributed by atoms with van der Waals surface area (Å²) in [5, 5.41) is 18.5. The van der Waals surface area contributed by atoms with Gasteiger partial charge in [0.15, 0.2) is 5.76 Å². The van der Waals surface area contributed by atoms with Crippen LogP contribution in [0.25, 0.3) is 12.2 Å². The summed E-state index contributed by atoms with van der Waals surface area (Å²) in [7, 11) is 0. The van der Waals surface area contributed by atoms with Crippen LogP contribution in [0.2, 0.25) is 5.02 Å². The predicted octanol–water partition coefficient (Wildman–Crippen LogP) is 5.16. The molecule has 3 aromatic rings. The molecule has 3 rings (SSSR count). The Morgan fingerprint density at radius 1 is 1.16 bits per heavy atom. The number of halogens is 1. The molecular weight excluding hydrogens is 412 g/mol. The first-order valence-electron chi connectivity index (χ1n) is 10.3. The number of hydrogen-bond acceptors (Lipinski definition) is 5. The van der Waals surface area contributed by atoms with Gasteiger partial charge in [-0.25, -0.2) is 0 Å². The van der Waals surface area contributed by atoms with Crippen molar-refractivity contribution in [2.45, 2.75) is 38.8 Å². The highest BCUT2D eigenvalue weighted by Crippen LogP contribution is 2.21. The minimum Gasteiger partial charge on any atom is -0.490 e. The molecule has 0 radical (unpaired) electrons. The van der Waals surface area contributed by atoms with Gasteiger partial charge in [-0.3, -0.25) is 0 Å². The number of para-hydroxylation sites is 1. The highest BCUT2D eigenvalue weighted by molar-refractivity contribution is 6.30. The number of hydrogen-bond donors (Lipinski definition) is 2. The summed E-state index contributed by atoms with van der Waals surface area (Å²) in [6.45, 7) is 6.72. The number of β-amino-alcohol motifs (C(OH)–C–C–N with tert-alkyl or cyclic N) is 1. The monoisotopic (exact) mass is 440 g/mol. The first-order valence-corrected chi connectivity index (χ1v) is 10.7. The van der Waals surface area contributed by atoms with Crippen molar-refractivity contribution in [3.63, 3.8) is 0 Å². The van der Waals surface area contributed by atoms with Crippen LogP contribution < -0.4 is 10.1 Å². The van der Waals surface area contributed by atoms with Crippen LogP contribution in [-0.2, 0) is 6.42 Å². The molecule has 0 fully saturated rings. The molecule has 0 spiro atoms. The maximum atomic E-state index is 10.4. The summed E-state index contributed by atoms with van der Waals surface area (Å²) in [6.07, 6.45) is 3.94. The molecule has 0 bridgehead atoms. The van der Waals surface area contributed by atoms with Crippen molar-refractivity contribution in [1.29, 1.82) is 0 Å². The molecule has 0 amide bonds. The van der Waals surface area contributed by atoms with Gasteiger partial charge in [-0.15, -0.1) is 0 Å².